The Balaban J connectivity index is 1.97. The minimum Gasteiger partial charge on any atom is -0.508 e. The minimum absolute atomic E-state index is 0.0421. The molecule has 1 atom stereocenters. The van der Waals surface area contributed by atoms with Crippen molar-refractivity contribution in [3.05, 3.63) is 89.0 Å². The van der Waals surface area contributed by atoms with Crippen LogP contribution in [-0.4, -0.2) is 36.1 Å². The molecule has 2 N–H and O–H groups in total. The molecule has 4 rings (SSSR count). The highest BCUT2D eigenvalue weighted by molar-refractivity contribution is 6.51. The van der Waals surface area contributed by atoms with E-state index in [1.165, 1.54) is 31.3 Å². The van der Waals surface area contributed by atoms with E-state index in [2.05, 4.69) is 0 Å². The summed E-state index contributed by atoms with van der Waals surface area (Å²) in [7, 11) is 2.93. The van der Waals surface area contributed by atoms with Crippen LogP contribution in [0.25, 0.3) is 5.76 Å². The summed E-state index contributed by atoms with van der Waals surface area (Å²) in [5.41, 5.74) is 2.20. The first-order valence-electron chi connectivity index (χ1n) is 10.2. The van der Waals surface area contributed by atoms with Crippen molar-refractivity contribution in [2.75, 3.05) is 19.1 Å². The van der Waals surface area contributed by atoms with Gasteiger partial charge in [0.15, 0.2) is 0 Å². The lowest BCUT2D eigenvalue weighted by Crippen LogP contribution is -2.29. The number of aliphatic hydroxyl groups is 1. The summed E-state index contributed by atoms with van der Waals surface area (Å²) in [6.45, 7) is 1.92. The van der Waals surface area contributed by atoms with Gasteiger partial charge >= 0.3 is 0 Å². The van der Waals surface area contributed by atoms with Crippen molar-refractivity contribution in [2.45, 2.75) is 13.0 Å². The number of hydrogen-bond donors (Lipinski definition) is 2. The van der Waals surface area contributed by atoms with Gasteiger partial charge in [-0.3, -0.25) is 14.5 Å². The number of phenolic OH excluding ortho intramolecular Hbond substituents is 1. The highest BCUT2D eigenvalue weighted by atomic mass is 16.5. The van der Waals surface area contributed by atoms with Crippen LogP contribution in [0, 0.1) is 6.92 Å². The van der Waals surface area contributed by atoms with Gasteiger partial charge in [-0.2, -0.15) is 0 Å². The van der Waals surface area contributed by atoms with Crippen molar-refractivity contribution in [3.8, 4) is 17.2 Å². The quantitative estimate of drug-likeness (QED) is 0.345. The molecule has 7 nitrogen and oxygen atoms in total. The molecule has 0 radical (unpaired) electrons. The molecule has 0 bridgehead atoms. The third-order valence-corrected chi connectivity index (χ3v) is 5.63. The molecule has 1 fully saturated rings. The maximum Gasteiger partial charge on any atom is 0.300 e. The van der Waals surface area contributed by atoms with Crippen LogP contribution in [0.5, 0.6) is 17.2 Å². The molecular weight excluding hydrogens is 422 g/mol. The molecule has 0 aliphatic carbocycles. The number of aliphatic hydroxyl groups excluding tert-OH is 1. The standard InChI is InChI=1S/C26H23NO6/c1-15-4-8-17(9-5-15)27-23(16-6-10-18(28)11-7-16)22(25(30)26(27)31)24(29)20-14-19(32-2)12-13-21(20)33-3/h4-14,23,28-29H,1-3H3/b24-22+. The Hall–Kier alpha value is -4.26. The van der Waals surface area contributed by atoms with E-state index in [9.17, 15) is 19.8 Å². The maximum atomic E-state index is 13.2. The van der Waals surface area contributed by atoms with Gasteiger partial charge in [0, 0.05) is 5.69 Å². The molecule has 1 amide bonds. The van der Waals surface area contributed by atoms with Crippen molar-refractivity contribution >= 4 is 23.1 Å². The molecule has 0 aromatic heterocycles. The lowest BCUT2D eigenvalue weighted by atomic mass is 9.94. The van der Waals surface area contributed by atoms with Crippen molar-refractivity contribution in [1.82, 2.24) is 0 Å². The first-order chi connectivity index (χ1) is 15.8. The Bertz CT molecular complexity index is 1240. The molecule has 1 heterocycles. The Morgan fingerprint density at radius 1 is 0.909 bits per heavy atom. The van der Waals surface area contributed by atoms with Crippen LogP contribution >= 0.6 is 0 Å². The monoisotopic (exact) mass is 445 g/mol. The first kappa shape index (κ1) is 22.0. The van der Waals surface area contributed by atoms with Crippen LogP contribution in [0.3, 0.4) is 0 Å². The summed E-state index contributed by atoms with van der Waals surface area (Å²) in [5.74, 6) is -1.15. The van der Waals surface area contributed by atoms with E-state index in [0.29, 0.717) is 22.7 Å². The number of anilines is 1. The predicted octanol–water partition coefficient (Wildman–Crippen LogP) is 4.34. The molecule has 0 saturated carbocycles. The van der Waals surface area contributed by atoms with Crippen LogP contribution in [0.2, 0.25) is 0 Å². The third kappa shape index (κ3) is 3.89. The average Bonchev–Trinajstić information content (AvgIpc) is 3.09. The summed E-state index contributed by atoms with van der Waals surface area (Å²) in [6.07, 6.45) is 0. The van der Waals surface area contributed by atoms with Gasteiger partial charge in [0.25, 0.3) is 11.7 Å². The number of benzene rings is 3. The number of methoxy groups -OCH3 is 2. The first-order valence-corrected chi connectivity index (χ1v) is 10.2. The average molecular weight is 445 g/mol. The summed E-state index contributed by atoms with van der Waals surface area (Å²) >= 11 is 0. The number of ketones is 1. The highest BCUT2D eigenvalue weighted by Gasteiger charge is 2.47. The molecule has 1 aliphatic heterocycles. The molecule has 7 heteroatoms. The van der Waals surface area contributed by atoms with Gasteiger partial charge in [-0.25, -0.2) is 0 Å². The highest BCUT2D eigenvalue weighted by Crippen LogP contribution is 2.44. The summed E-state index contributed by atoms with van der Waals surface area (Å²) < 4.78 is 10.6. The normalized spacial score (nSPS) is 17.3. The third-order valence-electron chi connectivity index (χ3n) is 5.63. The number of phenols is 1. The van der Waals surface area contributed by atoms with Gasteiger partial charge in [-0.1, -0.05) is 29.8 Å². The Morgan fingerprint density at radius 2 is 1.58 bits per heavy atom. The van der Waals surface area contributed by atoms with Crippen LogP contribution in [0.15, 0.2) is 72.3 Å². The molecule has 3 aromatic rings. The zero-order valence-corrected chi connectivity index (χ0v) is 18.4. The van der Waals surface area contributed by atoms with Crippen molar-refractivity contribution in [2.24, 2.45) is 0 Å². The fraction of sp³-hybridized carbons (Fsp3) is 0.154. The van der Waals surface area contributed by atoms with Gasteiger partial charge in [0.2, 0.25) is 0 Å². The van der Waals surface area contributed by atoms with E-state index in [1.807, 2.05) is 19.1 Å². The van der Waals surface area contributed by atoms with E-state index in [-0.39, 0.29) is 22.6 Å². The van der Waals surface area contributed by atoms with Crippen LogP contribution < -0.4 is 14.4 Å². The molecular formula is C26H23NO6. The molecule has 1 saturated heterocycles. The van der Waals surface area contributed by atoms with Crippen molar-refractivity contribution in [1.29, 1.82) is 0 Å². The minimum atomic E-state index is -0.913. The molecule has 1 aliphatic rings. The lowest BCUT2D eigenvalue weighted by Gasteiger charge is -2.25. The summed E-state index contributed by atoms with van der Waals surface area (Å²) in [4.78, 5) is 27.8. The molecule has 1 unspecified atom stereocenters. The molecule has 3 aromatic carbocycles. The Labute approximate surface area is 191 Å². The van der Waals surface area contributed by atoms with Crippen LogP contribution in [-0.2, 0) is 9.59 Å². The second-order valence-corrected chi connectivity index (χ2v) is 7.66. The number of rotatable bonds is 5. The summed E-state index contributed by atoms with van der Waals surface area (Å²) in [6, 6.07) is 17.3. The lowest BCUT2D eigenvalue weighted by molar-refractivity contribution is -0.132. The maximum absolute atomic E-state index is 13.2. The largest absolute Gasteiger partial charge is 0.508 e. The number of aryl methyl sites for hydroxylation is 1. The number of nitrogens with zero attached hydrogens (tertiary/aromatic N) is 1. The van der Waals surface area contributed by atoms with Gasteiger partial charge in [0.1, 0.15) is 23.0 Å². The van der Waals surface area contributed by atoms with Gasteiger partial charge < -0.3 is 19.7 Å². The number of hydrogen-bond acceptors (Lipinski definition) is 6. The van der Waals surface area contributed by atoms with E-state index in [0.717, 1.165) is 5.56 Å². The Morgan fingerprint density at radius 3 is 2.18 bits per heavy atom. The number of carbonyl (C=O) groups excluding carboxylic acids is 2. The van der Waals surface area contributed by atoms with E-state index >= 15 is 0 Å². The van der Waals surface area contributed by atoms with E-state index in [4.69, 9.17) is 9.47 Å². The Kier molecular flexibility index (Phi) is 5.79. The predicted molar refractivity (Wildman–Crippen MR) is 124 cm³/mol. The van der Waals surface area contributed by atoms with Crippen LogP contribution in [0.4, 0.5) is 5.69 Å². The molecule has 0 spiro atoms. The molecule has 168 valence electrons. The second-order valence-electron chi connectivity index (χ2n) is 7.66. The van der Waals surface area contributed by atoms with Gasteiger partial charge in [-0.15, -0.1) is 0 Å². The topological polar surface area (TPSA) is 96.3 Å². The zero-order chi connectivity index (χ0) is 23.7. The number of amides is 1. The van der Waals surface area contributed by atoms with E-state index in [1.54, 1.807) is 42.5 Å². The number of carbonyl (C=O) groups is 2. The fourth-order valence-electron chi connectivity index (χ4n) is 3.92. The van der Waals surface area contributed by atoms with Crippen LogP contribution in [0.1, 0.15) is 22.7 Å². The zero-order valence-electron chi connectivity index (χ0n) is 18.4. The van der Waals surface area contributed by atoms with Gasteiger partial charge in [0.05, 0.1) is 31.4 Å². The fourth-order valence-corrected chi connectivity index (χ4v) is 3.92. The summed E-state index contributed by atoms with van der Waals surface area (Å²) in [5, 5.41) is 21.1. The molecule has 33 heavy (non-hydrogen) atoms. The van der Waals surface area contributed by atoms with Crippen molar-refractivity contribution < 1.29 is 29.3 Å². The van der Waals surface area contributed by atoms with E-state index < -0.39 is 17.7 Å². The SMILES string of the molecule is COc1ccc(OC)c(/C(O)=C2\C(=O)C(=O)N(c3ccc(C)cc3)C2c2ccc(O)cc2)c1. The number of aromatic hydroxyl groups is 1. The smallest absolute Gasteiger partial charge is 0.300 e. The van der Waals surface area contributed by atoms with Gasteiger partial charge in [-0.05, 0) is 55.0 Å². The number of Topliss-reactive ketones (excluding diaryl/α,β-unsaturated/α-hetero) is 1. The second kappa shape index (κ2) is 8.70. The van der Waals surface area contributed by atoms with Crippen molar-refractivity contribution in [3.63, 3.8) is 0 Å². The number of ether oxygens (including phenoxy) is 2.